The summed E-state index contributed by atoms with van der Waals surface area (Å²) in [6.07, 6.45) is 5.04. The summed E-state index contributed by atoms with van der Waals surface area (Å²) in [6, 6.07) is 12.1. The molecule has 1 fully saturated rings. The largest absolute Gasteiger partial charge is 0.372 e. The molecule has 0 saturated carbocycles. The van der Waals surface area contributed by atoms with Gasteiger partial charge in [0.15, 0.2) is 5.82 Å². The monoisotopic (exact) mass is 377 g/mol. The lowest BCUT2D eigenvalue weighted by molar-refractivity contribution is 0.242. The Morgan fingerprint density at radius 2 is 2.00 bits per heavy atom. The van der Waals surface area contributed by atoms with Crippen molar-refractivity contribution < 1.29 is 4.79 Å². The molecule has 1 unspecified atom stereocenters. The van der Waals surface area contributed by atoms with Gasteiger partial charge in [0.2, 0.25) is 0 Å². The van der Waals surface area contributed by atoms with Crippen molar-refractivity contribution in [3.8, 4) is 0 Å². The van der Waals surface area contributed by atoms with E-state index in [0.717, 1.165) is 36.5 Å². The van der Waals surface area contributed by atoms with Crippen LogP contribution in [0.25, 0.3) is 0 Å². The first-order valence-electron chi connectivity index (χ1n) is 9.98. The van der Waals surface area contributed by atoms with E-state index >= 15 is 0 Å². The highest BCUT2D eigenvalue weighted by Crippen LogP contribution is 2.30. The van der Waals surface area contributed by atoms with Crippen LogP contribution in [0.2, 0.25) is 0 Å². The Hall–Kier alpha value is -3.02. The van der Waals surface area contributed by atoms with Crippen molar-refractivity contribution in [1.29, 1.82) is 0 Å². The van der Waals surface area contributed by atoms with Crippen LogP contribution in [0.5, 0.6) is 0 Å². The molecule has 2 amide bonds. The van der Waals surface area contributed by atoms with Crippen molar-refractivity contribution in [2.45, 2.75) is 32.2 Å². The van der Waals surface area contributed by atoms with Crippen molar-refractivity contribution in [3.05, 3.63) is 60.4 Å². The van der Waals surface area contributed by atoms with Gasteiger partial charge in [-0.15, -0.1) is 0 Å². The summed E-state index contributed by atoms with van der Waals surface area (Å²) in [6.45, 7) is 8.74. The molecule has 0 bridgehead atoms. The summed E-state index contributed by atoms with van der Waals surface area (Å²) in [4.78, 5) is 21.5. The Labute approximate surface area is 166 Å². The smallest absolute Gasteiger partial charge is 0.323 e. The maximum atomic E-state index is 13.0. The molecule has 0 aliphatic carbocycles. The Morgan fingerprint density at radius 3 is 2.71 bits per heavy atom. The van der Waals surface area contributed by atoms with Gasteiger partial charge in [0, 0.05) is 30.7 Å². The van der Waals surface area contributed by atoms with E-state index in [0.29, 0.717) is 12.4 Å². The Balaban J connectivity index is 1.49. The number of anilines is 3. The molecule has 6 heteroatoms. The van der Waals surface area contributed by atoms with Gasteiger partial charge < -0.3 is 15.5 Å². The van der Waals surface area contributed by atoms with Gasteiger partial charge in [-0.3, -0.25) is 4.90 Å². The van der Waals surface area contributed by atoms with Gasteiger partial charge in [-0.05, 0) is 49.1 Å². The molecule has 1 aromatic heterocycles. The number of aromatic nitrogens is 1. The quantitative estimate of drug-likeness (QED) is 0.834. The van der Waals surface area contributed by atoms with Crippen LogP contribution in [0.3, 0.4) is 0 Å². The fraction of sp³-hybridized carbons (Fsp3) is 0.364. The van der Waals surface area contributed by atoms with Crippen molar-refractivity contribution in [2.24, 2.45) is 0 Å². The second-order valence-corrected chi connectivity index (χ2v) is 7.39. The van der Waals surface area contributed by atoms with Crippen LogP contribution in [0.4, 0.5) is 22.0 Å². The number of pyridine rings is 1. The highest BCUT2D eigenvalue weighted by atomic mass is 16.2. The first kappa shape index (κ1) is 18.3. The molecule has 2 aromatic rings. The van der Waals surface area contributed by atoms with E-state index < -0.39 is 0 Å². The summed E-state index contributed by atoms with van der Waals surface area (Å²) in [5.41, 5.74) is 3.96. The number of rotatable bonds is 4. The molecular weight excluding hydrogens is 350 g/mol. The summed E-state index contributed by atoms with van der Waals surface area (Å²) in [5, 5.41) is 6.36. The summed E-state index contributed by atoms with van der Waals surface area (Å²) < 4.78 is 0. The van der Waals surface area contributed by atoms with Crippen LogP contribution >= 0.6 is 0 Å². The molecule has 6 nitrogen and oxygen atoms in total. The van der Waals surface area contributed by atoms with Gasteiger partial charge in [-0.2, -0.15) is 0 Å². The van der Waals surface area contributed by atoms with Crippen LogP contribution in [-0.4, -0.2) is 30.6 Å². The predicted octanol–water partition coefficient (Wildman–Crippen LogP) is 4.29. The van der Waals surface area contributed by atoms with E-state index in [1.807, 2.05) is 12.1 Å². The number of hydrogen-bond acceptors (Lipinski definition) is 4. The molecule has 2 aliphatic rings. The van der Waals surface area contributed by atoms with Crippen LogP contribution < -0.4 is 20.4 Å². The number of nitrogens with zero attached hydrogens (tertiary/aromatic N) is 3. The second-order valence-electron chi connectivity index (χ2n) is 7.39. The number of carbonyl (C=O) groups excluding carboxylic acids is 1. The Kier molecular flexibility index (Phi) is 5.19. The summed E-state index contributed by atoms with van der Waals surface area (Å²) >= 11 is 0. The lowest BCUT2D eigenvalue weighted by Crippen LogP contribution is -2.45. The van der Waals surface area contributed by atoms with Crippen molar-refractivity contribution >= 4 is 23.2 Å². The van der Waals surface area contributed by atoms with Gasteiger partial charge in [0.05, 0.1) is 18.3 Å². The Bertz CT molecular complexity index is 857. The van der Waals surface area contributed by atoms with E-state index in [4.69, 9.17) is 0 Å². The maximum Gasteiger partial charge on any atom is 0.323 e. The number of nitrogens with one attached hydrogen (secondary N) is 2. The third kappa shape index (κ3) is 3.67. The molecule has 1 atom stereocenters. The third-order valence-corrected chi connectivity index (χ3v) is 5.42. The van der Waals surface area contributed by atoms with Gasteiger partial charge >= 0.3 is 6.03 Å². The normalized spacial score (nSPS) is 17.1. The highest BCUT2D eigenvalue weighted by Gasteiger charge is 2.27. The molecular formula is C22H27N5O. The van der Waals surface area contributed by atoms with Crippen LogP contribution in [0.1, 0.15) is 37.8 Å². The molecule has 4 rings (SSSR count). The minimum atomic E-state index is -0.155. The molecule has 1 saturated heterocycles. The average Bonchev–Trinajstić information content (AvgIpc) is 3.26. The predicted molar refractivity (Wildman–Crippen MR) is 114 cm³/mol. The zero-order valence-corrected chi connectivity index (χ0v) is 16.3. The molecule has 146 valence electrons. The van der Waals surface area contributed by atoms with E-state index in [2.05, 4.69) is 58.3 Å². The highest BCUT2D eigenvalue weighted by molar-refractivity contribution is 5.96. The van der Waals surface area contributed by atoms with E-state index in [1.165, 1.54) is 18.5 Å². The second kappa shape index (κ2) is 7.92. The van der Waals surface area contributed by atoms with Crippen LogP contribution in [-0.2, 0) is 0 Å². The van der Waals surface area contributed by atoms with Crippen molar-refractivity contribution in [3.63, 3.8) is 0 Å². The first-order valence-corrected chi connectivity index (χ1v) is 9.98. The zero-order valence-electron chi connectivity index (χ0n) is 16.3. The standard InChI is InChI=1S/C22H27N5O/c1-3-19(17-8-10-18(11-9-17)26-13-4-5-14-26)25-22(28)27-15-16(2)24-20-7-6-12-23-21(20)27/h6-12,19,24H,2-5,13-15H2,1H3,(H,25,28). The molecule has 0 radical (unpaired) electrons. The van der Waals surface area contributed by atoms with Crippen molar-refractivity contribution in [2.75, 3.05) is 34.8 Å². The topological polar surface area (TPSA) is 60.5 Å². The number of fused-ring (bicyclic) bond motifs is 1. The maximum absolute atomic E-state index is 13.0. The molecule has 2 aliphatic heterocycles. The van der Waals surface area contributed by atoms with Crippen LogP contribution in [0.15, 0.2) is 54.9 Å². The van der Waals surface area contributed by atoms with E-state index in [1.54, 1.807) is 11.1 Å². The molecule has 3 heterocycles. The minimum Gasteiger partial charge on any atom is -0.372 e. The van der Waals surface area contributed by atoms with E-state index in [-0.39, 0.29) is 12.1 Å². The van der Waals surface area contributed by atoms with Gasteiger partial charge in [0.25, 0.3) is 0 Å². The van der Waals surface area contributed by atoms with Gasteiger partial charge in [0.1, 0.15) is 0 Å². The number of urea groups is 1. The fourth-order valence-electron chi connectivity index (χ4n) is 3.91. The number of hydrogen-bond donors (Lipinski definition) is 2. The molecule has 28 heavy (non-hydrogen) atoms. The lowest BCUT2D eigenvalue weighted by atomic mass is 10.0. The molecule has 0 spiro atoms. The molecule has 2 N–H and O–H groups in total. The molecule has 1 aromatic carbocycles. The lowest BCUT2D eigenvalue weighted by Gasteiger charge is -2.31. The van der Waals surface area contributed by atoms with Crippen LogP contribution in [0, 0.1) is 0 Å². The minimum absolute atomic E-state index is 0.0459. The van der Waals surface area contributed by atoms with Gasteiger partial charge in [-0.25, -0.2) is 9.78 Å². The average molecular weight is 377 g/mol. The van der Waals surface area contributed by atoms with Gasteiger partial charge in [-0.1, -0.05) is 25.6 Å². The Morgan fingerprint density at radius 1 is 1.25 bits per heavy atom. The summed E-state index contributed by atoms with van der Waals surface area (Å²) in [7, 11) is 0. The zero-order chi connectivity index (χ0) is 19.5. The number of carbonyl (C=O) groups is 1. The SMILES string of the molecule is C=C1CN(C(=O)NC(CC)c2ccc(N3CCCC3)cc2)c2ncccc2N1. The van der Waals surface area contributed by atoms with Crippen molar-refractivity contribution in [1.82, 2.24) is 10.3 Å². The fourth-order valence-corrected chi connectivity index (χ4v) is 3.91. The number of amides is 2. The first-order chi connectivity index (χ1) is 13.7. The van der Waals surface area contributed by atoms with E-state index in [9.17, 15) is 4.79 Å². The summed E-state index contributed by atoms with van der Waals surface area (Å²) in [5.74, 6) is 0.631. The number of benzene rings is 1. The third-order valence-electron chi connectivity index (χ3n) is 5.42.